The standard InChI is InChI=1S/C16H25NO2/c1-4-11-17-15(6-3)16(18)13-7-9-14(10-8-13)19-12-5-2/h4,7-10,15-18H,1,5-6,11-12H2,2-3H3. The van der Waals surface area contributed by atoms with Crippen LogP contribution in [0, 0.1) is 0 Å². The molecule has 2 unspecified atom stereocenters. The molecule has 0 amide bonds. The van der Waals surface area contributed by atoms with Crippen molar-refractivity contribution in [2.24, 2.45) is 0 Å². The van der Waals surface area contributed by atoms with Crippen LogP contribution in [0.4, 0.5) is 0 Å². The minimum atomic E-state index is -0.509. The lowest BCUT2D eigenvalue weighted by Gasteiger charge is -2.23. The van der Waals surface area contributed by atoms with E-state index in [1.165, 1.54) is 0 Å². The molecule has 0 fully saturated rings. The molecule has 0 aliphatic carbocycles. The van der Waals surface area contributed by atoms with E-state index in [-0.39, 0.29) is 6.04 Å². The molecule has 0 spiro atoms. The number of aliphatic hydroxyl groups excluding tert-OH is 1. The van der Waals surface area contributed by atoms with Crippen LogP contribution in [0.3, 0.4) is 0 Å². The number of ether oxygens (including phenoxy) is 1. The van der Waals surface area contributed by atoms with Gasteiger partial charge < -0.3 is 15.2 Å². The summed E-state index contributed by atoms with van der Waals surface area (Å²) in [5, 5.41) is 13.6. The second-order valence-electron chi connectivity index (χ2n) is 4.57. The highest BCUT2D eigenvalue weighted by Crippen LogP contribution is 2.21. The molecule has 2 N–H and O–H groups in total. The van der Waals surface area contributed by atoms with Crippen LogP contribution in [0.15, 0.2) is 36.9 Å². The molecule has 3 heteroatoms. The molecule has 0 saturated heterocycles. The third kappa shape index (κ3) is 5.05. The van der Waals surface area contributed by atoms with Crippen molar-refractivity contribution >= 4 is 0 Å². The second kappa shape index (κ2) is 8.73. The zero-order chi connectivity index (χ0) is 14.1. The number of aliphatic hydroxyl groups is 1. The van der Waals surface area contributed by atoms with Gasteiger partial charge in [-0.05, 0) is 30.5 Å². The maximum atomic E-state index is 10.3. The van der Waals surface area contributed by atoms with Crippen LogP contribution in [0.25, 0.3) is 0 Å². The van der Waals surface area contributed by atoms with Crippen LogP contribution >= 0.6 is 0 Å². The van der Waals surface area contributed by atoms with E-state index in [9.17, 15) is 5.11 Å². The van der Waals surface area contributed by atoms with Crippen LogP contribution in [0.1, 0.15) is 38.4 Å². The first-order valence-electron chi connectivity index (χ1n) is 6.98. The van der Waals surface area contributed by atoms with Crippen molar-refractivity contribution in [3.8, 4) is 5.75 Å². The predicted octanol–water partition coefficient (Wildman–Crippen LogP) is 3.06. The van der Waals surface area contributed by atoms with E-state index < -0.39 is 6.10 Å². The van der Waals surface area contributed by atoms with Gasteiger partial charge in [0.1, 0.15) is 5.75 Å². The van der Waals surface area contributed by atoms with E-state index in [0.29, 0.717) is 6.54 Å². The van der Waals surface area contributed by atoms with Gasteiger partial charge in [0.25, 0.3) is 0 Å². The summed E-state index contributed by atoms with van der Waals surface area (Å²) < 4.78 is 5.53. The van der Waals surface area contributed by atoms with Gasteiger partial charge in [0.05, 0.1) is 12.7 Å². The molecule has 3 nitrogen and oxygen atoms in total. The third-order valence-corrected chi connectivity index (χ3v) is 3.04. The quantitative estimate of drug-likeness (QED) is 0.673. The Morgan fingerprint density at radius 1 is 1.32 bits per heavy atom. The topological polar surface area (TPSA) is 41.5 Å². The number of hydrogen-bond acceptors (Lipinski definition) is 3. The molecule has 0 heterocycles. The fraction of sp³-hybridized carbons (Fsp3) is 0.500. The lowest BCUT2D eigenvalue weighted by molar-refractivity contribution is 0.128. The van der Waals surface area contributed by atoms with Gasteiger partial charge in [-0.2, -0.15) is 0 Å². The molecule has 0 radical (unpaired) electrons. The second-order valence-corrected chi connectivity index (χ2v) is 4.57. The van der Waals surface area contributed by atoms with Crippen LogP contribution in [0.2, 0.25) is 0 Å². The Labute approximate surface area is 116 Å². The molecule has 1 aromatic carbocycles. The molecule has 2 atom stereocenters. The van der Waals surface area contributed by atoms with E-state index in [4.69, 9.17) is 4.74 Å². The number of benzene rings is 1. The summed E-state index contributed by atoms with van der Waals surface area (Å²) in [7, 11) is 0. The van der Waals surface area contributed by atoms with Crippen molar-refractivity contribution < 1.29 is 9.84 Å². The summed E-state index contributed by atoms with van der Waals surface area (Å²) in [6.07, 6.45) is 3.15. The summed E-state index contributed by atoms with van der Waals surface area (Å²) in [4.78, 5) is 0. The van der Waals surface area contributed by atoms with Crippen LogP contribution in [-0.4, -0.2) is 24.3 Å². The van der Waals surface area contributed by atoms with Crippen molar-refractivity contribution in [2.45, 2.75) is 38.8 Å². The largest absolute Gasteiger partial charge is 0.494 e. The van der Waals surface area contributed by atoms with Gasteiger partial charge in [0.15, 0.2) is 0 Å². The van der Waals surface area contributed by atoms with Crippen LogP contribution < -0.4 is 10.1 Å². The average molecular weight is 263 g/mol. The van der Waals surface area contributed by atoms with Gasteiger partial charge in [-0.3, -0.25) is 0 Å². The van der Waals surface area contributed by atoms with Gasteiger partial charge in [0, 0.05) is 12.6 Å². The lowest BCUT2D eigenvalue weighted by atomic mass is 10.00. The van der Waals surface area contributed by atoms with Crippen molar-refractivity contribution in [1.29, 1.82) is 0 Å². The van der Waals surface area contributed by atoms with Crippen LogP contribution in [0.5, 0.6) is 5.75 Å². The van der Waals surface area contributed by atoms with Gasteiger partial charge in [-0.1, -0.05) is 32.1 Å². The van der Waals surface area contributed by atoms with Gasteiger partial charge in [0.2, 0.25) is 0 Å². The highest BCUT2D eigenvalue weighted by molar-refractivity contribution is 5.29. The number of rotatable bonds is 9. The maximum Gasteiger partial charge on any atom is 0.119 e. The van der Waals surface area contributed by atoms with Crippen molar-refractivity contribution in [2.75, 3.05) is 13.2 Å². The predicted molar refractivity (Wildman–Crippen MR) is 79.5 cm³/mol. The first kappa shape index (κ1) is 15.7. The average Bonchev–Trinajstić information content (AvgIpc) is 2.46. The molecule has 106 valence electrons. The fourth-order valence-electron chi connectivity index (χ4n) is 1.93. The molecule has 0 saturated carbocycles. The first-order chi connectivity index (χ1) is 9.22. The maximum absolute atomic E-state index is 10.3. The van der Waals surface area contributed by atoms with Gasteiger partial charge in [-0.25, -0.2) is 0 Å². The molecular weight excluding hydrogens is 238 g/mol. The lowest BCUT2D eigenvalue weighted by Crippen LogP contribution is -2.34. The summed E-state index contributed by atoms with van der Waals surface area (Å²) in [5.41, 5.74) is 0.910. The molecule has 0 aliphatic rings. The van der Waals surface area contributed by atoms with Gasteiger partial charge in [-0.15, -0.1) is 6.58 Å². The van der Waals surface area contributed by atoms with Crippen molar-refractivity contribution in [3.63, 3.8) is 0 Å². The molecule has 1 aromatic rings. The van der Waals surface area contributed by atoms with Gasteiger partial charge >= 0.3 is 0 Å². The Balaban J connectivity index is 2.64. The van der Waals surface area contributed by atoms with Crippen molar-refractivity contribution in [1.82, 2.24) is 5.32 Å². The molecule has 0 aromatic heterocycles. The zero-order valence-electron chi connectivity index (χ0n) is 11.9. The van der Waals surface area contributed by atoms with E-state index in [1.807, 2.05) is 24.3 Å². The minimum Gasteiger partial charge on any atom is -0.494 e. The Hall–Kier alpha value is -1.32. The highest BCUT2D eigenvalue weighted by atomic mass is 16.5. The van der Waals surface area contributed by atoms with E-state index in [1.54, 1.807) is 6.08 Å². The Morgan fingerprint density at radius 3 is 2.53 bits per heavy atom. The normalized spacial score (nSPS) is 13.8. The smallest absolute Gasteiger partial charge is 0.119 e. The molecule has 19 heavy (non-hydrogen) atoms. The zero-order valence-corrected chi connectivity index (χ0v) is 11.9. The highest BCUT2D eigenvalue weighted by Gasteiger charge is 2.18. The van der Waals surface area contributed by atoms with E-state index >= 15 is 0 Å². The monoisotopic (exact) mass is 263 g/mol. The van der Waals surface area contributed by atoms with E-state index in [2.05, 4.69) is 25.7 Å². The minimum absolute atomic E-state index is 0.0420. The molecule has 0 aliphatic heterocycles. The van der Waals surface area contributed by atoms with Crippen molar-refractivity contribution in [3.05, 3.63) is 42.5 Å². The fourth-order valence-corrected chi connectivity index (χ4v) is 1.93. The summed E-state index contributed by atoms with van der Waals surface area (Å²) >= 11 is 0. The third-order valence-electron chi connectivity index (χ3n) is 3.04. The summed E-state index contributed by atoms with van der Waals surface area (Å²) in [6, 6.07) is 7.71. The Kier molecular flexibility index (Phi) is 7.23. The number of hydrogen-bond donors (Lipinski definition) is 2. The molecule has 1 rings (SSSR count). The number of nitrogens with one attached hydrogen (secondary N) is 1. The van der Waals surface area contributed by atoms with E-state index in [0.717, 1.165) is 30.8 Å². The summed E-state index contributed by atoms with van der Waals surface area (Å²) in [5.74, 6) is 0.852. The summed E-state index contributed by atoms with van der Waals surface area (Å²) in [6.45, 7) is 9.24. The molecular formula is C16H25NO2. The molecule has 0 bridgehead atoms. The van der Waals surface area contributed by atoms with Crippen LogP contribution in [-0.2, 0) is 0 Å². The Bertz CT molecular complexity index is 362. The SMILES string of the molecule is C=CCNC(CC)C(O)c1ccc(OCCC)cc1. The Morgan fingerprint density at radius 2 is 2.00 bits per heavy atom. The first-order valence-corrected chi connectivity index (χ1v) is 6.98.